The maximum Gasteiger partial charge on any atom is 0.311 e. The molecule has 2 rings (SSSR count). The fraction of sp³-hybridized carbons (Fsp3) is 0.214. The minimum atomic E-state index is -0.469. The van der Waals surface area contributed by atoms with E-state index in [1.807, 2.05) is 37.3 Å². The number of anilines is 1. The molecular formula is C14H14ClN3O2. The SMILES string of the molecule is CC[C@H](Nc1nc(Cl)ccc1[N+](=O)[O-])c1ccccc1. The van der Waals surface area contributed by atoms with Gasteiger partial charge >= 0.3 is 5.69 Å². The predicted octanol–water partition coefficient (Wildman–Crippen LogP) is 4.21. The molecule has 2 aromatic rings. The number of nitro groups is 1. The van der Waals surface area contributed by atoms with Gasteiger partial charge in [-0.1, -0.05) is 48.9 Å². The van der Waals surface area contributed by atoms with Gasteiger partial charge in [-0.15, -0.1) is 0 Å². The second-order valence-electron chi connectivity index (χ2n) is 4.27. The zero-order chi connectivity index (χ0) is 14.5. The summed E-state index contributed by atoms with van der Waals surface area (Å²) in [5.41, 5.74) is 0.967. The number of benzene rings is 1. The van der Waals surface area contributed by atoms with Crippen molar-refractivity contribution < 1.29 is 4.92 Å². The molecule has 1 atom stereocenters. The van der Waals surface area contributed by atoms with E-state index in [0.29, 0.717) is 0 Å². The van der Waals surface area contributed by atoms with Crippen LogP contribution in [0.1, 0.15) is 24.9 Å². The summed E-state index contributed by atoms with van der Waals surface area (Å²) in [4.78, 5) is 14.6. The third-order valence-electron chi connectivity index (χ3n) is 2.96. The fourth-order valence-electron chi connectivity index (χ4n) is 1.95. The van der Waals surface area contributed by atoms with E-state index in [9.17, 15) is 10.1 Å². The van der Waals surface area contributed by atoms with E-state index in [0.717, 1.165) is 12.0 Å². The van der Waals surface area contributed by atoms with Crippen LogP contribution < -0.4 is 5.32 Å². The van der Waals surface area contributed by atoms with E-state index in [2.05, 4.69) is 10.3 Å². The van der Waals surface area contributed by atoms with Gasteiger partial charge in [-0.25, -0.2) is 4.98 Å². The molecule has 0 unspecified atom stereocenters. The zero-order valence-electron chi connectivity index (χ0n) is 10.9. The normalized spacial score (nSPS) is 11.9. The van der Waals surface area contributed by atoms with E-state index in [1.165, 1.54) is 12.1 Å². The van der Waals surface area contributed by atoms with Crippen molar-refractivity contribution >= 4 is 23.1 Å². The Hall–Kier alpha value is -2.14. The number of rotatable bonds is 5. The molecule has 6 heteroatoms. The van der Waals surface area contributed by atoms with Gasteiger partial charge in [0.05, 0.1) is 11.0 Å². The van der Waals surface area contributed by atoms with Crippen LogP contribution in [0.4, 0.5) is 11.5 Å². The van der Waals surface area contributed by atoms with Crippen molar-refractivity contribution in [3.05, 3.63) is 63.3 Å². The Morgan fingerprint density at radius 1 is 1.30 bits per heavy atom. The molecule has 20 heavy (non-hydrogen) atoms. The minimum absolute atomic E-state index is 0.0548. The molecule has 1 heterocycles. The van der Waals surface area contributed by atoms with Crippen molar-refractivity contribution in [1.29, 1.82) is 0 Å². The lowest BCUT2D eigenvalue weighted by Crippen LogP contribution is -2.12. The second-order valence-corrected chi connectivity index (χ2v) is 4.66. The number of pyridine rings is 1. The first-order valence-electron chi connectivity index (χ1n) is 6.24. The molecule has 0 saturated carbocycles. The second kappa shape index (κ2) is 6.34. The molecule has 0 aliphatic heterocycles. The fourth-order valence-corrected chi connectivity index (χ4v) is 2.10. The summed E-state index contributed by atoms with van der Waals surface area (Å²) in [5, 5.41) is 14.3. The molecule has 5 nitrogen and oxygen atoms in total. The Kier molecular flexibility index (Phi) is 4.53. The maximum atomic E-state index is 11.0. The van der Waals surface area contributed by atoms with Gasteiger partial charge in [0.15, 0.2) is 0 Å². The summed E-state index contributed by atoms with van der Waals surface area (Å²) in [5.74, 6) is 0.193. The lowest BCUT2D eigenvalue weighted by atomic mass is 10.0. The smallest absolute Gasteiger partial charge is 0.311 e. The third-order valence-corrected chi connectivity index (χ3v) is 3.17. The van der Waals surface area contributed by atoms with Gasteiger partial charge in [-0.2, -0.15) is 0 Å². The summed E-state index contributed by atoms with van der Waals surface area (Å²) in [6.45, 7) is 2.00. The van der Waals surface area contributed by atoms with Crippen molar-refractivity contribution in [2.75, 3.05) is 5.32 Å². The Morgan fingerprint density at radius 2 is 2.00 bits per heavy atom. The minimum Gasteiger partial charge on any atom is -0.358 e. The van der Waals surface area contributed by atoms with E-state index >= 15 is 0 Å². The van der Waals surface area contributed by atoms with Gasteiger partial charge < -0.3 is 5.32 Å². The first-order valence-corrected chi connectivity index (χ1v) is 6.62. The number of hydrogen-bond donors (Lipinski definition) is 1. The first kappa shape index (κ1) is 14.3. The zero-order valence-corrected chi connectivity index (χ0v) is 11.7. The van der Waals surface area contributed by atoms with Gasteiger partial charge in [0, 0.05) is 6.07 Å². The molecule has 0 aliphatic carbocycles. The molecule has 0 spiro atoms. The Bertz CT molecular complexity index is 605. The van der Waals surface area contributed by atoms with E-state index in [4.69, 9.17) is 11.6 Å². The number of hydrogen-bond acceptors (Lipinski definition) is 4. The van der Waals surface area contributed by atoms with Crippen molar-refractivity contribution in [2.24, 2.45) is 0 Å². The highest BCUT2D eigenvalue weighted by atomic mass is 35.5. The van der Waals surface area contributed by atoms with Crippen LogP contribution in [0.3, 0.4) is 0 Å². The average Bonchev–Trinajstić information content (AvgIpc) is 2.45. The van der Waals surface area contributed by atoms with E-state index < -0.39 is 4.92 Å². The summed E-state index contributed by atoms with van der Waals surface area (Å²) >= 11 is 5.82. The Balaban J connectivity index is 2.32. The van der Waals surface area contributed by atoms with E-state index in [-0.39, 0.29) is 22.7 Å². The lowest BCUT2D eigenvalue weighted by molar-refractivity contribution is -0.384. The average molecular weight is 292 g/mol. The van der Waals surface area contributed by atoms with Crippen molar-refractivity contribution in [3.63, 3.8) is 0 Å². The third kappa shape index (κ3) is 3.24. The molecule has 1 aromatic heterocycles. The van der Waals surface area contributed by atoms with Gasteiger partial charge in [0.2, 0.25) is 5.82 Å². The van der Waals surface area contributed by atoms with Crippen LogP contribution in [0.2, 0.25) is 5.15 Å². The van der Waals surface area contributed by atoms with Crippen LogP contribution in [0.15, 0.2) is 42.5 Å². The summed E-state index contributed by atoms with van der Waals surface area (Å²) < 4.78 is 0. The van der Waals surface area contributed by atoms with Gasteiger partial charge in [0.25, 0.3) is 0 Å². The highest BCUT2D eigenvalue weighted by Gasteiger charge is 2.19. The van der Waals surface area contributed by atoms with Crippen molar-refractivity contribution in [3.8, 4) is 0 Å². The molecule has 0 amide bonds. The summed E-state index contributed by atoms with van der Waals surface area (Å²) in [6, 6.07) is 12.4. The molecular weight excluding hydrogens is 278 g/mol. The topological polar surface area (TPSA) is 68.1 Å². The quantitative estimate of drug-likeness (QED) is 0.509. The van der Waals surface area contributed by atoms with Crippen LogP contribution in [0.25, 0.3) is 0 Å². The van der Waals surface area contributed by atoms with Crippen molar-refractivity contribution in [1.82, 2.24) is 4.98 Å². The van der Waals surface area contributed by atoms with Gasteiger partial charge in [0.1, 0.15) is 5.15 Å². The molecule has 0 aliphatic rings. The first-order chi connectivity index (χ1) is 9.61. The maximum absolute atomic E-state index is 11.0. The summed E-state index contributed by atoms with van der Waals surface area (Å²) in [6.07, 6.45) is 0.773. The van der Waals surface area contributed by atoms with E-state index in [1.54, 1.807) is 0 Å². The van der Waals surface area contributed by atoms with Crippen LogP contribution in [0, 0.1) is 10.1 Å². The lowest BCUT2D eigenvalue weighted by Gasteiger charge is -2.18. The largest absolute Gasteiger partial charge is 0.358 e. The number of halogens is 1. The molecule has 104 valence electrons. The van der Waals surface area contributed by atoms with Crippen LogP contribution in [0.5, 0.6) is 0 Å². The molecule has 1 aromatic carbocycles. The number of nitrogens with one attached hydrogen (secondary N) is 1. The highest BCUT2D eigenvalue weighted by Crippen LogP contribution is 2.29. The predicted molar refractivity (Wildman–Crippen MR) is 79.0 cm³/mol. The monoisotopic (exact) mass is 291 g/mol. The van der Waals surface area contributed by atoms with Crippen molar-refractivity contribution in [2.45, 2.75) is 19.4 Å². The standard InChI is InChI=1S/C14H14ClN3O2/c1-2-11(10-6-4-3-5-7-10)16-14-12(18(19)20)8-9-13(15)17-14/h3-9,11H,2H2,1H3,(H,16,17)/t11-/m0/s1. The number of aromatic nitrogens is 1. The number of nitrogens with zero attached hydrogens (tertiary/aromatic N) is 2. The van der Waals surface area contributed by atoms with Gasteiger partial charge in [-0.3, -0.25) is 10.1 Å². The van der Waals surface area contributed by atoms with Crippen LogP contribution in [-0.2, 0) is 0 Å². The Labute approximate surface area is 121 Å². The summed E-state index contributed by atoms with van der Waals surface area (Å²) in [7, 11) is 0. The molecule has 0 bridgehead atoms. The van der Waals surface area contributed by atoms with Crippen LogP contribution >= 0.6 is 11.6 Å². The van der Waals surface area contributed by atoms with Crippen LogP contribution in [-0.4, -0.2) is 9.91 Å². The highest BCUT2D eigenvalue weighted by molar-refractivity contribution is 6.29. The van der Waals surface area contributed by atoms with Gasteiger partial charge in [-0.05, 0) is 18.1 Å². The molecule has 0 saturated heterocycles. The molecule has 0 fully saturated rings. The molecule has 1 N–H and O–H groups in total. The molecule has 0 radical (unpaired) electrons. The Morgan fingerprint density at radius 3 is 2.60 bits per heavy atom.